The molecule has 2 aliphatic carbocycles. The number of rotatable bonds is 8. The molecule has 297 valence electrons. The molecule has 4 N–H and O–H groups in total. The van der Waals surface area contributed by atoms with Gasteiger partial charge in [-0.05, 0) is 98.9 Å². The second-order valence-corrected chi connectivity index (χ2v) is 14.8. The Bertz CT molecular complexity index is 2170. The first kappa shape index (κ1) is 41.0. The Hall–Kier alpha value is -5.65. The van der Waals surface area contributed by atoms with Gasteiger partial charge in [-0.1, -0.05) is 99.2 Å². The van der Waals surface area contributed by atoms with Gasteiger partial charge in [0.25, 0.3) is 0 Å². The van der Waals surface area contributed by atoms with E-state index in [-0.39, 0.29) is 40.0 Å². The van der Waals surface area contributed by atoms with E-state index in [9.17, 15) is 20.4 Å². The predicted octanol–water partition coefficient (Wildman–Crippen LogP) is 10.8. The van der Waals surface area contributed by atoms with Crippen LogP contribution in [0.15, 0.2) is 107 Å². The zero-order valence-electron chi connectivity index (χ0n) is 32.4. The van der Waals surface area contributed by atoms with Gasteiger partial charge in [0.2, 0.25) is 11.8 Å². The monoisotopic (exact) mass is 809 g/mol. The van der Waals surface area contributed by atoms with E-state index in [0.717, 1.165) is 11.4 Å². The van der Waals surface area contributed by atoms with Crippen LogP contribution in [0.4, 0.5) is 11.4 Å². The van der Waals surface area contributed by atoms with Crippen LogP contribution in [-0.2, 0) is 16.8 Å². The van der Waals surface area contributed by atoms with Crippen molar-refractivity contribution in [1.82, 2.24) is 19.6 Å². The van der Waals surface area contributed by atoms with Crippen LogP contribution in [0.3, 0.4) is 0 Å². The van der Waals surface area contributed by atoms with E-state index in [2.05, 4.69) is 44.4 Å². The van der Waals surface area contributed by atoms with Gasteiger partial charge >= 0.3 is 0 Å². The normalized spacial score (nSPS) is 15.1. The zero-order valence-corrected chi connectivity index (χ0v) is 33.5. The van der Waals surface area contributed by atoms with E-state index in [1.165, 1.54) is 75.3 Å². The van der Waals surface area contributed by atoms with Crippen molar-refractivity contribution in [1.29, 1.82) is 0 Å². The summed E-state index contributed by atoms with van der Waals surface area (Å²) in [6, 6.07) is 30.1. The molecule has 10 nitrogen and oxygen atoms in total. The number of phenols is 2. The molecule has 0 spiro atoms. The number of phenolic OH excluding ortho intramolecular Hbond substituents is 2. The van der Waals surface area contributed by atoms with Gasteiger partial charge in [0.15, 0.2) is 0 Å². The summed E-state index contributed by atoms with van der Waals surface area (Å²) < 4.78 is 3.23. The Balaban J connectivity index is 0.000000189. The Labute approximate surface area is 344 Å². The van der Waals surface area contributed by atoms with Crippen molar-refractivity contribution >= 4 is 23.8 Å². The maximum absolute atomic E-state index is 10.9. The molecule has 1 radical (unpaired) electrons. The fraction of sp³-hybridized carbons (Fsp3) is 0.304. The van der Waals surface area contributed by atoms with Gasteiger partial charge in [-0.15, -0.1) is 0 Å². The molecule has 0 saturated heterocycles. The summed E-state index contributed by atoms with van der Waals surface area (Å²) in [4.78, 5) is 8.66. The molecule has 4 aromatic carbocycles. The number of aliphatic imine (C=N–C) groups is 2. The van der Waals surface area contributed by atoms with Crippen LogP contribution < -0.4 is 0 Å². The zero-order chi connectivity index (χ0) is 39.0. The van der Waals surface area contributed by atoms with Crippen LogP contribution in [-0.4, -0.2) is 52.4 Å². The first-order valence-electron chi connectivity index (χ1n) is 19.7. The van der Waals surface area contributed by atoms with Crippen molar-refractivity contribution in [2.24, 2.45) is 9.98 Å². The number of benzene rings is 4. The third kappa shape index (κ3) is 9.32. The number of nitrogens with zero attached hydrogens (tertiary/aromatic N) is 6. The van der Waals surface area contributed by atoms with E-state index < -0.39 is 0 Å². The van der Waals surface area contributed by atoms with Crippen LogP contribution in [0.25, 0.3) is 11.4 Å². The van der Waals surface area contributed by atoms with Gasteiger partial charge in [-0.3, -0.25) is 9.98 Å². The summed E-state index contributed by atoms with van der Waals surface area (Å²) in [5, 5.41) is 50.7. The summed E-state index contributed by atoms with van der Waals surface area (Å²) in [5.74, 6) is 1.36. The molecule has 6 aromatic rings. The van der Waals surface area contributed by atoms with Crippen molar-refractivity contribution in [2.45, 2.75) is 89.9 Å². The van der Waals surface area contributed by atoms with Gasteiger partial charge in [0, 0.05) is 29.2 Å². The van der Waals surface area contributed by atoms with Gasteiger partial charge in [-0.2, -0.15) is 10.2 Å². The van der Waals surface area contributed by atoms with E-state index in [0.29, 0.717) is 45.7 Å². The van der Waals surface area contributed by atoms with Crippen molar-refractivity contribution in [3.63, 3.8) is 0 Å². The van der Waals surface area contributed by atoms with Gasteiger partial charge in [0.1, 0.15) is 22.9 Å². The van der Waals surface area contributed by atoms with Crippen molar-refractivity contribution in [3.05, 3.63) is 131 Å². The first-order chi connectivity index (χ1) is 27.3. The minimum absolute atomic E-state index is 0. The molecular formula is C46H50CoN6O4. The largest absolute Gasteiger partial charge is 0.506 e. The quantitative estimate of drug-likeness (QED) is 0.113. The van der Waals surface area contributed by atoms with Crippen molar-refractivity contribution < 1.29 is 37.2 Å². The fourth-order valence-electron chi connectivity index (χ4n) is 7.99. The maximum Gasteiger partial charge on any atom is 0.223 e. The van der Waals surface area contributed by atoms with E-state index in [1.807, 2.05) is 50.2 Å². The molecule has 0 bridgehead atoms. The molecule has 0 atom stereocenters. The Kier molecular flexibility index (Phi) is 13.7. The van der Waals surface area contributed by atoms with Crippen molar-refractivity contribution in [2.75, 3.05) is 0 Å². The molecule has 0 aliphatic heterocycles. The number of aromatic nitrogens is 4. The smallest absolute Gasteiger partial charge is 0.223 e. The SMILES string of the molecule is Cc1nn(-c2ccccc2C2CCCCC2)c(O)c1C=Nc1ccccc1O.Cc1nn(-c2ccccc2C2CCCCC2)c(O)c1C=Nc1ccccc1O.[Co]. The first-order valence-corrected chi connectivity index (χ1v) is 19.7. The van der Waals surface area contributed by atoms with E-state index in [4.69, 9.17) is 0 Å². The van der Waals surface area contributed by atoms with Crippen molar-refractivity contribution in [3.8, 4) is 34.6 Å². The minimum Gasteiger partial charge on any atom is -0.506 e. The summed E-state index contributed by atoms with van der Waals surface area (Å²) >= 11 is 0. The molecule has 0 amide bonds. The molecule has 2 aliphatic rings. The van der Waals surface area contributed by atoms with Crippen LogP contribution in [0, 0.1) is 13.8 Å². The Morgan fingerprint density at radius 3 is 1.25 bits per heavy atom. The third-order valence-corrected chi connectivity index (χ3v) is 11.0. The fourth-order valence-corrected chi connectivity index (χ4v) is 7.99. The van der Waals surface area contributed by atoms with Crippen LogP contribution in [0.1, 0.15) is 110 Å². The van der Waals surface area contributed by atoms with Crippen LogP contribution >= 0.6 is 0 Å². The predicted molar refractivity (Wildman–Crippen MR) is 222 cm³/mol. The number of aryl methyl sites for hydroxylation is 2. The second-order valence-electron chi connectivity index (χ2n) is 14.8. The van der Waals surface area contributed by atoms with Crippen LogP contribution in [0.2, 0.25) is 0 Å². The standard InChI is InChI=1S/2C23H25N3O2.Co/c2*1-16-19(15-24-20-12-6-8-14-22(20)27)23(28)26(25-16)21-13-7-5-11-18(21)17-9-3-2-4-10-17;/h2*5-8,11-15,17,27-28H,2-4,9-10H2,1H3;. The van der Waals surface area contributed by atoms with Gasteiger partial charge in [0.05, 0.1) is 33.9 Å². The number of hydrogen-bond donors (Lipinski definition) is 4. The third-order valence-electron chi connectivity index (χ3n) is 11.0. The number of hydrogen-bond acceptors (Lipinski definition) is 8. The van der Waals surface area contributed by atoms with Crippen LogP contribution in [0.5, 0.6) is 23.3 Å². The maximum atomic E-state index is 10.9. The number of para-hydroxylation sites is 6. The Morgan fingerprint density at radius 1 is 0.509 bits per heavy atom. The second kappa shape index (κ2) is 19.0. The summed E-state index contributed by atoms with van der Waals surface area (Å²) in [7, 11) is 0. The van der Waals surface area contributed by atoms with Gasteiger partial charge in [-0.25, -0.2) is 9.36 Å². The minimum atomic E-state index is 0. The molecular weight excluding hydrogens is 759 g/mol. The summed E-state index contributed by atoms with van der Waals surface area (Å²) in [6.07, 6.45) is 15.5. The summed E-state index contributed by atoms with van der Waals surface area (Å²) in [5.41, 5.74) is 7.74. The molecule has 2 saturated carbocycles. The molecule has 11 heteroatoms. The number of aromatic hydroxyl groups is 4. The van der Waals surface area contributed by atoms with Gasteiger partial charge < -0.3 is 20.4 Å². The molecule has 8 rings (SSSR count). The topological polar surface area (TPSA) is 141 Å². The Morgan fingerprint density at radius 2 is 0.860 bits per heavy atom. The summed E-state index contributed by atoms with van der Waals surface area (Å²) in [6.45, 7) is 3.71. The molecule has 0 unspecified atom stereocenters. The average Bonchev–Trinajstić information content (AvgIpc) is 3.69. The molecule has 2 fully saturated rings. The molecule has 2 aromatic heterocycles. The van der Waals surface area contributed by atoms with E-state index >= 15 is 0 Å². The average molecular weight is 810 g/mol. The molecule has 2 heterocycles. The van der Waals surface area contributed by atoms with E-state index in [1.54, 1.807) is 58.2 Å². The molecule has 57 heavy (non-hydrogen) atoms.